The Kier molecular flexibility index (Phi) is 6.35. The second kappa shape index (κ2) is 9.32. The molecule has 0 bridgehead atoms. The molecule has 2 heterocycles. The van der Waals surface area contributed by atoms with Crippen LogP contribution >= 0.6 is 23.1 Å². The van der Waals surface area contributed by atoms with Crippen molar-refractivity contribution < 1.29 is 14.3 Å². The van der Waals surface area contributed by atoms with Crippen LogP contribution in [0.5, 0.6) is 11.5 Å². The average Bonchev–Trinajstić information content (AvgIpc) is 3.43. The zero-order valence-corrected chi connectivity index (χ0v) is 18.2. The predicted octanol–water partition coefficient (Wildman–Crippen LogP) is 5.55. The summed E-state index contributed by atoms with van der Waals surface area (Å²) in [6.07, 6.45) is 0.709. The number of aromatic nitrogens is 3. The molecule has 0 radical (unpaired) electrons. The van der Waals surface area contributed by atoms with Crippen molar-refractivity contribution in [2.45, 2.75) is 30.2 Å². The van der Waals surface area contributed by atoms with E-state index in [4.69, 9.17) is 9.15 Å². The largest absolute Gasteiger partial charge is 0.504 e. The molecule has 0 fully saturated rings. The number of methoxy groups -OCH3 is 1. The van der Waals surface area contributed by atoms with Crippen LogP contribution in [0.4, 0.5) is 0 Å². The predicted molar refractivity (Wildman–Crippen MR) is 118 cm³/mol. The zero-order valence-electron chi connectivity index (χ0n) is 16.6. The number of hydrogen-bond donors (Lipinski definition) is 1. The highest BCUT2D eigenvalue weighted by molar-refractivity contribution is 7.98. The smallest absolute Gasteiger partial charge is 0.276 e. The monoisotopic (exact) mass is 439 g/mol. The van der Waals surface area contributed by atoms with Gasteiger partial charge in [0.15, 0.2) is 11.5 Å². The number of thioether (sulfide) groups is 1. The van der Waals surface area contributed by atoms with Gasteiger partial charge in [-0.2, -0.15) is 0 Å². The highest BCUT2D eigenvalue weighted by Crippen LogP contribution is 2.33. The summed E-state index contributed by atoms with van der Waals surface area (Å²) in [5.41, 5.74) is 3.09. The lowest BCUT2D eigenvalue weighted by atomic mass is 9.98. The fourth-order valence-corrected chi connectivity index (χ4v) is 4.59. The van der Waals surface area contributed by atoms with Crippen LogP contribution in [-0.4, -0.2) is 27.4 Å². The molecule has 4 aromatic rings. The van der Waals surface area contributed by atoms with Crippen LogP contribution in [0.2, 0.25) is 0 Å². The van der Waals surface area contributed by atoms with Gasteiger partial charge in [0.1, 0.15) is 5.01 Å². The maximum Gasteiger partial charge on any atom is 0.276 e. The fourth-order valence-electron chi connectivity index (χ4n) is 2.99. The van der Waals surface area contributed by atoms with Crippen molar-refractivity contribution in [3.8, 4) is 22.1 Å². The SMILES string of the molecule is COc1cc(-c2nc(CSc3nnc(CC(C)c4ccccc4)o3)cs2)ccc1O. The molecule has 2 aromatic heterocycles. The van der Waals surface area contributed by atoms with Crippen LogP contribution in [0.15, 0.2) is 63.6 Å². The van der Waals surface area contributed by atoms with Crippen LogP contribution in [0.25, 0.3) is 10.6 Å². The van der Waals surface area contributed by atoms with Gasteiger partial charge in [0.2, 0.25) is 5.89 Å². The molecule has 30 heavy (non-hydrogen) atoms. The molecule has 0 saturated heterocycles. The topological polar surface area (TPSA) is 81.3 Å². The van der Waals surface area contributed by atoms with Crippen molar-refractivity contribution in [1.82, 2.24) is 15.2 Å². The Morgan fingerprint density at radius 2 is 2.00 bits per heavy atom. The van der Waals surface area contributed by atoms with E-state index in [0.717, 1.165) is 16.3 Å². The van der Waals surface area contributed by atoms with E-state index < -0.39 is 0 Å². The van der Waals surface area contributed by atoms with Crippen molar-refractivity contribution in [1.29, 1.82) is 0 Å². The summed E-state index contributed by atoms with van der Waals surface area (Å²) in [4.78, 5) is 4.67. The van der Waals surface area contributed by atoms with Gasteiger partial charge in [-0.3, -0.25) is 0 Å². The van der Waals surface area contributed by atoms with Gasteiger partial charge in [-0.15, -0.1) is 21.5 Å². The highest BCUT2D eigenvalue weighted by Gasteiger charge is 2.14. The lowest BCUT2D eigenvalue weighted by Crippen LogP contribution is -1.98. The third-order valence-corrected chi connectivity index (χ3v) is 6.41. The van der Waals surface area contributed by atoms with Crippen LogP contribution in [0, 0.1) is 0 Å². The molecule has 6 nitrogen and oxygen atoms in total. The molecular weight excluding hydrogens is 418 g/mol. The minimum absolute atomic E-state index is 0.113. The summed E-state index contributed by atoms with van der Waals surface area (Å²) in [7, 11) is 1.53. The summed E-state index contributed by atoms with van der Waals surface area (Å²) in [5.74, 6) is 2.14. The Morgan fingerprint density at radius 1 is 1.17 bits per heavy atom. The lowest BCUT2D eigenvalue weighted by Gasteiger charge is -2.08. The molecule has 0 aliphatic heterocycles. The number of phenols is 1. The lowest BCUT2D eigenvalue weighted by molar-refractivity contribution is 0.373. The van der Waals surface area contributed by atoms with Gasteiger partial charge < -0.3 is 14.3 Å². The van der Waals surface area contributed by atoms with Crippen LogP contribution in [0.3, 0.4) is 0 Å². The number of phenolic OH excluding ortho intramolecular Hbond substituents is 1. The van der Waals surface area contributed by atoms with Crippen molar-refractivity contribution >= 4 is 23.1 Å². The molecule has 0 spiro atoms. The Bertz CT molecular complexity index is 1110. The van der Waals surface area contributed by atoms with Gasteiger partial charge in [0.05, 0.1) is 12.8 Å². The first-order chi connectivity index (χ1) is 14.6. The first-order valence-corrected chi connectivity index (χ1v) is 11.3. The Morgan fingerprint density at radius 3 is 2.80 bits per heavy atom. The van der Waals surface area contributed by atoms with E-state index in [9.17, 15) is 5.11 Å². The number of rotatable bonds is 8. The van der Waals surface area contributed by atoms with E-state index in [1.807, 2.05) is 29.6 Å². The zero-order chi connectivity index (χ0) is 20.9. The average molecular weight is 440 g/mol. The summed E-state index contributed by atoms with van der Waals surface area (Å²) in [5, 5.41) is 21.5. The van der Waals surface area contributed by atoms with E-state index in [1.165, 1.54) is 24.4 Å². The van der Waals surface area contributed by atoms with Gasteiger partial charge in [-0.1, -0.05) is 49.0 Å². The maximum atomic E-state index is 9.75. The van der Waals surface area contributed by atoms with E-state index in [0.29, 0.717) is 35.0 Å². The fraction of sp³-hybridized carbons (Fsp3) is 0.227. The second-order valence-electron chi connectivity index (χ2n) is 6.80. The van der Waals surface area contributed by atoms with Crippen LogP contribution < -0.4 is 4.74 Å². The summed E-state index contributed by atoms with van der Waals surface area (Å²) < 4.78 is 11.0. The molecule has 1 N–H and O–H groups in total. The molecule has 0 aliphatic rings. The minimum atomic E-state index is 0.113. The molecule has 0 amide bonds. The normalized spacial score (nSPS) is 12.1. The van der Waals surface area contributed by atoms with Crippen LogP contribution in [-0.2, 0) is 12.2 Å². The van der Waals surface area contributed by atoms with Crippen molar-refractivity contribution in [2.24, 2.45) is 0 Å². The molecule has 0 saturated carbocycles. The van der Waals surface area contributed by atoms with E-state index in [2.05, 4.69) is 34.2 Å². The molecule has 154 valence electrons. The van der Waals surface area contributed by atoms with Crippen molar-refractivity contribution in [2.75, 3.05) is 7.11 Å². The first kappa shape index (κ1) is 20.4. The third kappa shape index (κ3) is 4.83. The number of benzene rings is 2. The molecular formula is C22H21N3O3S2. The highest BCUT2D eigenvalue weighted by atomic mass is 32.2. The van der Waals surface area contributed by atoms with Gasteiger partial charge >= 0.3 is 0 Å². The Balaban J connectivity index is 1.36. The van der Waals surface area contributed by atoms with Gasteiger partial charge in [-0.25, -0.2) is 4.98 Å². The molecule has 2 aromatic carbocycles. The Hall–Kier alpha value is -2.84. The standard InChI is InChI=1S/C22H21N3O3S2/c1-14(15-6-4-3-5-7-15)10-20-24-25-22(28-20)30-13-17-12-29-21(23-17)16-8-9-18(26)19(11-16)27-2/h3-9,11-12,14,26H,10,13H2,1-2H3. The van der Waals surface area contributed by atoms with Gasteiger partial charge in [0, 0.05) is 23.1 Å². The molecule has 8 heteroatoms. The molecule has 1 atom stereocenters. The van der Waals surface area contributed by atoms with E-state index >= 15 is 0 Å². The van der Waals surface area contributed by atoms with Crippen molar-refractivity contribution in [3.05, 3.63) is 71.1 Å². The Labute approximate surface area is 183 Å². The summed E-state index contributed by atoms with van der Waals surface area (Å²) in [6.45, 7) is 2.15. The van der Waals surface area contributed by atoms with Gasteiger partial charge in [-0.05, 0) is 29.7 Å². The first-order valence-electron chi connectivity index (χ1n) is 9.44. The number of thiazole rings is 1. The van der Waals surface area contributed by atoms with Crippen molar-refractivity contribution in [3.63, 3.8) is 0 Å². The number of hydrogen-bond acceptors (Lipinski definition) is 8. The van der Waals surface area contributed by atoms with Gasteiger partial charge in [0.25, 0.3) is 5.22 Å². The number of nitrogens with zero attached hydrogens (tertiary/aromatic N) is 3. The summed E-state index contributed by atoms with van der Waals surface area (Å²) >= 11 is 3.02. The number of aromatic hydroxyl groups is 1. The third-order valence-electron chi connectivity index (χ3n) is 4.62. The van der Waals surface area contributed by atoms with E-state index in [-0.39, 0.29) is 5.75 Å². The minimum Gasteiger partial charge on any atom is -0.504 e. The van der Waals surface area contributed by atoms with E-state index in [1.54, 1.807) is 23.5 Å². The second-order valence-corrected chi connectivity index (χ2v) is 8.58. The van der Waals surface area contributed by atoms with Crippen LogP contribution in [0.1, 0.15) is 30.0 Å². The molecule has 4 rings (SSSR count). The number of ether oxygens (including phenoxy) is 1. The molecule has 0 aliphatic carbocycles. The quantitative estimate of drug-likeness (QED) is 0.361. The molecule has 1 unspecified atom stereocenters. The summed E-state index contributed by atoms with van der Waals surface area (Å²) in [6, 6.07) is 15.5. The maximum absolute atomic E-state index is 9.75.